The Balaban J connectivity index is 1.59. The van der Waals surface area contributed by atoms with Crippen molar-refractivity contribution in [2.45, 2.75) is 26.9 Å². The van der Waals surface area contributed by atoms with Crippen LogP contribution in [0.3, 0.4) is 0 Å². The van der Waals surface area contributed by atoms with Gasteiger partial charge in [-0.05, 0) is 37.1 Å². The quantitative estimate of drug-likeness (QED) is 0.694. The molecule has 2 amide bonds. The van der Waals surface area contributed by atoms with Gasteiger partial charge in [0.2, 0.25) is 0 Å². The number of amides is 2. The number of hydrogen-bond acceptors (Lipinski definition) is 3. The van der Waals surface area contributed by atoms with Crippen LogP contribution in [0.1, 0.15) is 43.1 Å². The number of pyridine rings is 1. The van der Waals surface area contributed by atoms with Gasteiger partial charge in [-0.25, -0.2) is 0 Å². The molecule has 3 aromatic rings. The fourth-order valence-corrected chi connectivity index (χ4v) is 2.78. The zero-order chi connectivity index (χ0) is 19.9. The van der Waals surface area contributed by atoms with Crippen molar-refractivity contribution in [3.63, 3.8) is 0 Å². The van der Waals surface area contributed by atoms with Crippen molar-refractivity contribution in [3.05, 3.63) is 100 Å². The Morgan fingerprint density at radius 3 is 2.25 bits per heavy atom. The Labute approximate surface area is 164 Å². The molecule has 0 unspecified atom stereocenters. The van der Waals surface area contributed by atoms with Gasteiger partial charge in [-0.2, -0.15) is 0 Å². The first-order valence-corrected chi connectivity index (χ1v) is 9.15. The highest BCUT2D eigenvalue weighted by atomic mass is 16.2. The third kappa shape index (κ3) is 5.27. The molecular formula is C23H23N3O2. The van der Waals surface area contributed by atoms with Gasteiger partial charge in [0, 0.05) is 24.8 Å². The van der Waals surface area contributed by atoms with Crippen molar-refractivity contribution in [2.75, 3.05) is 0 Å². The van der Waals surface area contributed by atoms with Crippen LogP contribution in [0.25, 0.3) is 0 Å². The molecule has 2 aromatic carbocycles. The highest BCUT2D eigenvalue weighted by Gasteiger charge is 2.12. The molecule has 0 fully saturated rings. The van der Waals surface area contributed by atoms with Gasteiger partial charge in [-0.15, -0.1) is 0 Å². The molecule has 0 saturated heterocycles. The van der Waals surface area contributed by atoms with Crippen molar-refractivity contribution < 1.29 is 9.59 Å². The van der Waals surface area contributed by atoms with Crippen LogP contribution in [-0.4, -0.2) is 16.8 Å². The number of nitrogens with one attached hydrogen (secondary N) is 2. The van der Waals surface area contributed by atoms with Gasteiger partial charge < -0.3 is 10.6 Å². The van der Waals surface area contributed by atoms with Crippen LogP contribution in [0.5, 0.6) is 0 Å². The summed E-state index contributed by atoms with van der Waals surface area (Å²) >= 11 is 0. The molecule has 5 heteroatoms. The van der Waals surface area contributed by atoms with Crippen molar-refractivity contribution in [2.24, 2.45) is 0 Å². The molecule has 0 atom stereocenters. The van der Waals surface area contributed by atoms with Crippen molar-refractivity contribution in [3.8, 4) is 0 Å². The zero-order valence-corrected chi connectivity index (χ0v) is 16.0. The number of aromatic nitrogens is 1. The van der Waals surface area contributed by atoms with Gasteiger partial charge in [-0.1, -0.05) is 59.7 Å². The van der Waals surface area contributed by atoms with Crippen molar-refractivity contribution in [1.82, 2.24) is 15.6 Å². The molecule has 0 bridgehead atoms. The second kappa shape index (κ2) is 8.95. The minimum absolute atomic E-state index is 0.218. The van der Waals surface area contributed by atoms with Crippen LogP contribution in [0, 0.1) is 13.8 Å². The van der Waals surface area contributed by atoms with Gasteiger partial charge >= 0.3 is 0 Å². The van der Waals surface area contributed by atoms with E-state index in [-0.39, 0.29) is 17.5 Å². The van der Waals surface area contributed by atoms with E-state index in [0.29, 0.717) is 18.7 Å². The molecule has 1 heterocycles. The second-order valence-corrected chi connectivity index (χ2v) is 6.77. The summed E-state index contributed by atoms with van der Waals surface area (Å²) in [7, 11) is 0. The molecule has 0 saturated carbocycles. The van der Waals surface area contributed by atoms with E-state index in [1.807, 2.05) is 62.4 Å². The average Bonchev–Trinajstić information content (AvgIpc) is 2.71. The van der Waals surface area contributed by atoms with Gasteiger partial charge in [0.05, 0.1) is 0 Å². The van der Waals surface area contributed by atoms with Crippen molar-refractivity contribution >= 4 is 11.8 Å². The third-order valence-electron chi connectivity index (χ3n) is 4.36. The monoisotopic (exact) mass is 373 g/mol. The van der Waals surface area contributed by atoms with Crippen LogP contribution in [0.2, 0.25) is 0 Å². The zero-order valence-electron chi connectivity index (χ0n) is 16.0. The largest absolute Gasteiger partial charge is 0.348 e. The third-order valence-corrected chi connectivity index (χ3v) is 4.36. The molecule has 1 aromatic heterocycles. The Morgan fingerprint density at radius 1 is 0.786 bits per heavy atom. The summed E-state index contributed by atoms with van der Waals surface area (Å²) in [5.41, 5.74) is 4.97. The van der Waals surface area contributed by atoms with E-state index in [1.54, 1.807) is 6.07 Å². The van der Waals surface area contributed by atoms with Crippen LogP contribution in [0.15, 0.2) is 66.9 Å². The highest BCUT2D eigenvalue weighted by Crippen LogP contribution is 2.07. The molecule has 2 N–H and O–H groups in total. The maximum atomic E-state index is 12.4. The fourth-order valence-electron chi connectivity index (χ4n) is 2.78. The van der Waals surface area contributed by atoms with Crippen LogP contribution in [0.4, 0.5) is 0 Å². The highest BCUT2D eigenvalue weighted by molar-refractivity contribution is 5.98. The molecule has 0 aliphatic carbocycles. The first kappa shape index (κ1) is 19.3. The minimum atomic E-state index is -0.311. The molecule has 142 valence electrons. The first-order chi connectivity index (χ1) is 13.5. The predicted molar refractivity (Wildman–Crippen MR) is 109 cm³/mol. The molecule has 5 nitrogen and oxygen atoms in total. The second-order valence-electron chi connectivity index (χ2n) is 6.77. The van der Waals surface area contributed by atoms with Crippen LogP contribution < -0.4 is 10.6 Å². The summed E-state index contributed by atoms with van der Waals surface area (Å²) in [4.78, 5) is 28.9. The van der Waals surface area contributed by atoms with E-state index in [1.165, 1.54) is 17.8 Å². The summed E-state index contributed by atoms with van der Waals surface area (Å²) in [6.07, 6.45) is 1.47. The molecular weight excluding hydrogens is 350 g/mol. The Hall–Kier alpha value is -3.47. The minimum Gasteiger partial charge on any atom is -0.348 e. The average molecular weight is 373 g/mol. The lowest BCUT2D eigenvalue weighted by molar-refractivity contribution is 0.0946. The SMILES string of the molecule is Cc1ccc(CNC(=O)c2cc(C(=O)NCc3cccc(C)c3)ccn2)cc1. The van der Waals surface area contributed by atoms with E-state index >= 15 is 0 Å². The van der Waals surface area contributed by atoms with Crippen molar-refractivity contribution in [1.29, 1.82) is 0 Å². The van der Waals surface area contributed by atoms with Gasteiger partial charge in [0.25, 0.3) is 11.8 Å². The lowest BCUT2D eigenvalue weighted by atomic mass is 10.1. The summed E-state index contributed by atoms with van der Waals surface area (Å²) in [6.45, 7) is 4.86. The van der Waals surface area contributed by atoms with E-state index in [2.05, 4.69) is 15.6 Å². The number of aryl methyl sites for hydroxylation is 2. The Morgan fingerprint density at radius 2 is 1.50 bits per heavy atom. The number of rotatable bonds is 6. The number of carbonyl (C=O) groups is 2. The Bertz CT molecular complexity index is 981. The number of nitrogens with zero attached hydrogens (tertiary/aromatic N) is 1. The maximum absolute atomic E-state index is 12.4. The van der Waals surface area contributed by atoms with Gasteiger partial charge in [-0.3, -0.25) is 14.6 Å². The molecule has 0 radical (unpaired) electrons. The first-order valence-electron chi connectivity index (χ1n) is 9.15. The summed E-state index contributed by atoms with van der Waals surface area (Å²) in [6, 6.07) is 19.0. The number of benzene rings is 2. The summed E-state index contributed by atoms with van der Waals surface area (Å²) in [5.74, 6) is -0.551. The molecule has 0 aliphatic rings. The lowest BCUT2D eigenvalue weighted by Gasteiger charge is -2.08. The van der Waals surface area contributed by atoms with Gasteiger partial charge in [0.1, 0.15) is 5.69 Å². The van der Waals surface area contributed by atoms with E-state index < -0.39 is 0 Å². The Kier molecular flexibility index (Phi) is 6.17. The summed E-state index contributed by atoms with van der Waals surface area (Å²) < 4.78 is 0. The van der Waals surface area contributed by atoms with Gasteiger partial charge in [0.15, 0.2) is 0 Å². The van der Waals surface area contributed by atoms with Crippen LogP contribution >= 0.6 is 0 Å². The smallest absolute Gasteiger partial charge is 0.270 e. The maximum Gasteiger partial charge on any atom is 0.270 e. The standard InChI is InChI=1S/C23H23N3O2/c1-16-6-8-18(9-7-16)14-26-23(28)21-13-20(10-11-24-21)22(27)25-15-19-5-3-4-17(2)12-19/h3-13H,14-15H2,1-2H3,(H,25,27)(H,26,28). The predicted octanol–water partition coefficient (Wildman–Crippen LogP) is 3.56. The van der Waals surface area contributed by atoms with E-state index in [9.17, 15) is 9.59 Å². The normalized spacial score (nSPS) is 10.4. The van der Waals surface area contributed by atoms with Crippen LogP contribution in [-0.2, 0) is 13.1 Å². The number of carbonyl (C=O) groups excluding carboxylic acids is 2. The topological polar surface area (TPSA) is 71.1 Å². The summed E-state index contributed by atoms with van der Waals surface area (Å²) in [5, 5.41) is 5.71. The fraction of sp³-hybridized carbons (Fsp3) is 0.174. The molecule has 3 rings (SSSR count). The molecule has 0 spiro atoms. The van der Waals surface area contributed by atoms with E-state index in [0.717, 1.165) is 16.7 Å². The molecule has 28 heavy (non-hydrogen) atoms. The lowest BCUT2D eigenvalue weighted by Crippen LogP contribution is -2.26. The molecule has 0 aliphatic heterocycles. The van der Waals surface area contributed by atoms with E-state index in [4.69, 9.17) is 0 Å². The number of hydrogen-bond donors (Lipinski definition) is 2.